The third kappa shape index (κ3) is 13.9. The van der Waals surface area contributed by atoms with Gasteiger partial charge in [0.05, 0.1) is 48.7 Å². The van der Waals surface area contributed by atoms with E-state index in [9.17, 15) is 41.2 Å². The smallest absolute Gasteiger partial charge is 0.379 e. The van der Waals surface area contributed by atoms with Crippen LogP contribution in [0.25, 0.3) is 22.3 Å². The van der Waals surface area contributed by atoms with E-state index in [2.05, 4.69) is 32.0 Å². The van der Waals surface area contributed by atoms with Gasteiger partial charge in [-0.1, -0.05) is 35.9 Å². The van der Waals surface area contributed by atoms with Gasteiger partial charge in [0.1, 0.15) is 23.1 Å². The van der Waals surface area contributed by atoms with E-state index in [1.807, 2.05) is 24.8 Å². The number of ether oxygens (including phenoxy) is 2. The second-order valence-corrected chi connectivity index (χ2v) is 15.8. The number of rotatable bonds is 7. The zero-order valence-corrected chi connectivity index (χ0v) is 37.8. The molecule has 2 aliphatic heterocycles. The Kier molecular flexibility index (Phi) is 17.1. The number of nitrogens with one attached hydrogen (secondary N) is 3. The van der Waals surface area contributed by atoms with Gasteiger partial charge in [0.15, 0.2) is 0 Å². The third-order valence-corrected chi connectivity index (χ3v) is 10.9. The molecular formula is C50H43ClF6N8O4. The summed E-state index contributed by atoms with van der Waals surface area (Å²) in [6.45, 7) is 10.0. The molecule has 2 amide bonds. The fourth-order valence-corrected chi connectivity index (χ4v) is 7.15. The molecule has 2 fully saturated rings. The molecule has 69 heavy (non-hydrogen) atoms. The first-order chi connectivity index (χ1) is 32.9. The molecule has 19 heteroatoms. The van der Waals surface area contributed by atoms with Crippen LogP contribution in [0.1, 0.15) is 54.1 Å². The third-order valence-electron chi connectivity index (χ3n) is 10.6. The van der Waals surface area contributed by atoms with Gasteiger partial charge in [-0.25, -0.2) is 9.97 Å². The predicted molar refractivity (Wildman–Crippen MR) is 249 cm³/mol. The summed E-state index contributed by atoms with van der Waals surface area (Å²) in [5.74, 6) is -0.724. The van der Waals surface area contributed by atoms with Gasteiger partial charge in [-0.2, -0.15) is 36.9 Å². The molecule has 0 atom stereocenters. The van der Waals surface area contributed by atoms with Crippen molar-refractivity contribution in [3.8, 4) is 34.4 Å². The van der Waals surface area contributed by atoms with Gasteiger partial charge in [0.25, 0.3) is 11.8 Å². The molecule has 2 aliphatic rings. The normalized spacial score (nSPS) is 13.6. The van der Waals surface area contributed by atoms with Crippen LogP contribution in [-0.4, -0.2) is 74.4 Å². The second-order valence-electron chi connectivity index (χ2n) is 15.5. The molecule has 12 nitrogen and oxygen atoms in total. The van der Waals surface area contributed by atoms with Crippen molar-refractivity contribution < 1.29 is 45.4 Å². The Hall–Kier alpha value is -7.35. The Morgan fingerprint density at radius 3 is 1.55 bits per heavy atom. The van der Waals surface area contributed by atoms with Crippen molar-refractivity contribution in [2.45, 2.75) is 26.2 Å². The van der Waals surface area contributed by atoms with E-state index >= 15 is 0 Å². The quantitative estimate of drug-likeness (QED) is 0.104. The zero-order chi connectivity index (χ0) is 49.7. The maximum absolute atomic E-state index is 13.0. The molecule has 0 saturated carbocycles. The number of hydrogen-bond acceptors (Lipinski definition) is 10. The topological polar surface area (TPSA) is 165 Å². The average Bonchev–Trinajstić information content (AvgIpc) is 3.36. The summed E-state index contributed by atoms with van der Waals surface area (Å²) in [6.07, 6.45) is -5.89. The Balaban J connectivity index is 0.000000204. The van der Waals surface area contributed by atoms with E-state index in [-0.39, 0.29) is 21.8 Å². The highest BCUT2D eigenvalue weighted by atomic mass is 35.5. The summed E-state index contributed by atoms with van der Waals surface area (Å²) in [7, 11) is 0. The number of pyridine rings is 2. The van der Waals surface area contributed by atoms with Crippen LogP contribution in [0.4, 0.5) is 43.5 Å². The van der Waals surface area contributed by atoms with Crippen molar-refractivity contribution in [2.24, 2.45) is 0 Å². The molecule has 4 aromatic carbocycles. The highest BCUT2D eigenvalue weighted by Crippen LogP contribution is 2.33. The monoisotopic (exact) mass is 968 g/mol. The second kappa shape index (κ2) is 23.1. The van der Waals surface area contributed by atoms with E-state index < -0.39 is 35.3 Å². The lowest BCUT2D eigenvalue weighted by Gasteiger charge is -2.28. The summed E-state index contributed by atoms with van der Waals surface area (Å²) >= 11 is 5.87. The number of halogens is 7. The number of morpholine rings is 2. The van der Waals surface area contributed by atoms with E-state index in [0.717, 1.165) is 67.3 Å². The minimum atomic E-state index is -4.54. The predicted octanol–water partition coefficient (Wildman–Crippen LogP) is 10.5. The molecule has 2 aromatic heterocycles. The van der Waals surface area contributed by atoms with E-state index in [4.69, 9.17) is 26.3 Å². The molecule has 3 N–H and O–H groups in total. The van der Waals surface area contributed by atoms with Gasteiger partial charge in [-0.3, -0.25) is 9.59 Å². The Bertz CT molecular complexity index is 2880. The first-order valence-corrected chi connectivity index (χ1v) is 21.6. The van der Waals surface area contributed by atoms with Crippen molar-refractivity contribution in [2.75, 3.05) is 68.1 Å². The van der Waals surface area contributed by atoms with Gasteiger partial charge in [-0.05, 0) is 109 Å². The highest BCUT2D eigenvalue weighted by molar-refractivity contribution is 6.30. The molecule has 0 aliphatic carbocycles. The number of hydrogen-bond donors (Lipinski definition) is 3. The molecule has 0 radical (unpaired) electrons. The number of amides is 2. The van der Waals surface area contributed by atoms with Gasteiger partial charge in [0.2, 0.25) is 0 Å². The number of anilines is 3. The first-order valence-electron chi connectivity index (χ1n) is 21.2. The summed E-state index contributed by atoms with van der Waals surface area (Å²) < 4.78 is 87.9. The molecule has 8 rings (SSSR count). The number of carbonyl (C=O) groups is 2. The molecule has 0 unspecified atom stereocenters. The number of nitrogens with zero attached hydrogens (tertiary/aromatic N) is 5. The van der Waals surface area contributed by atoms with Crippen molar-refractivity contribution in [3.63, 3.8) is 0 Å². The number of nitriles is 2. The van der Waals surface area contributed by atoms with Crippen molar-refractivity contribution in [1.29, 1.82) is 10.5 Å². The van der Waals surface area contributed by atoms with Gasteiger partial charge in [-0.15, -0.1) is 0 Å². The molecular weight excluding hydrogens is 926 g/mol. The molecule has 0 bridgehead atoms. The number of alkyl halides is 6. The molecule has 0 spiro atoms. The van der Waals surface area contributed by atoms with Crippen LogP contribution < -0.4 is 20.9 Å². The minimum Gasteiger partial charge on any atom is -0.379 e. The van der Waals surface area contributed by atoms with Crippen LogP contribution in [0.2, 0.25) is 5.15 Å². The minimum absolute atomic E-state index is 0.0860. The Labute approximate surface area is 398 Å². The van der Waals surface area contributed by atoms with E-state index in [0.29, 0.717) is 65.7 Å². The fraction of sp³-hybridized carbons (Fsp3) is 0.240. The maximum atomic E-state index is 13.0. The molecule has 4 heterocycles. The highest BCUT2D eigenvalue weighted by Gasteiger charge is 2.32. The lowest BCUT2D eigenvalue weighted by atomic mass is 9.99. The summed E-state index contributed by atoms with van der Waals surface area (Å²) in [5.41, 5.74) is 3.97. The van der Waals surface area contributed by atoms with Crippen LogP contribution in [0.15, 0.2) is 109 Å². The first kappa shape index (κ1) is 51.0. The van der Waals surface area contributed by atoms with E-state index in [1.54, 1.807) is 54.7 Å². The van der Waals surface area contributed by atoms with Gasteiger partial charge < -0.3 is 30.3 Å². The standard InChI is InChI=1S/C25H21F3N4O2.C21H13ClF3N3O.C4H9NO/c1-16-5-6-21(31-24(33)17-3-2-4-20(12-17)25(26,27)28)13-22(16)19-11-18(14-29)23(30-15-19)32-7-9-34-10-8-32;1-12-5-6-17(9-18(12)15-7-14(10-26)19(22)27-11-15)28-20(29)13-3-2-4-16(8-13)21(23,24)25;1-3-6-4-2-5-1/h2-6,11-13,15H,7-10H2,1H3,(H,31,33);2-9,11H,1H3,(H,28,29);5H,1-4H2. The summed E-state index contributed by atoms with van der Waals surface area (Å²) in [4.78, 5) is 35.5. The average molecular weight is 969 g/mol. The molecule has 2 saturated heterocycles. The Morgan fingerprint density at radius 1 is 0.652 bits per heavy atom. The number of carbonyl (C=O) groups excluding carboxylic acids is 2. The molecule has 6 aromatic rings. The van der Waals surface area contributed by atoms with Crippen molar-refractivity contribution in [3.05, 3.63) is 159 Å². The van der Waals surface area contributed by atoms with Crippen molar-refractivity contribution >= 4 is 40.6 Å². The van der Waals surface area contributed by atoms with Crippen LogP contribution in [-0.2, 0) is 21.8 Å². The van der Waals surface area contributed by atoms with Crippen molar-refractivity contribution in [1.82, 2.24) is 15.3 Å². The lowest BCUT2D eigenvalue weighted by molar-refractivity contribution is -0.138. The zero-order valence-electron chi connectivity index (χ0n) is 37.1. The SMILES string of the molecule is C1COCCN1.Cc1ccc(NC(=O)c2cccc(C(F)(F)F)c2)cc1-c1cnc(Cl)c(C#N)c1.Cc1ccc(NC(=O)c2cccc(C(F)(F)F)c2)cc1-c1cnc(N2CCOCC2)c(C#N)c1. The summed E-state index contributed by atoms with van der Waals surface area (Å²) in [6, 6.07) is 26.2. The van der Waals surface area contributed by atoms with Gasteiger partial charge >= 0.3 is 12.4 Å². The largest absolute Gasteiger partial charge is 0.416 e. The number of aryl methyl sites for hydroxylation is 2. The van der Waals surface area contributed by atoms with E-state index in [1.165, 1.54) is 30.5 Å². The fourth-order valence-electron chi connectivity index (χ4n) is 7.01. The van der Waals surface area contributed by atoms with Crippen LogP contribution in [0, 0.1) is 36.5 Å². The van der Waals surface area contributed by atoms with Crippen LogP contribution in [0.5, 0.6) is 0 Å². The number of benzene rings is 4. The van der Waals surface area contributed by atoms with Gasteiger partial charge in [0, 0.05) is 72.2 Å². The lowest BCUT2D eigenvalue weighted by Crippen LogP contribution is -2.37. The summed E-state index contributed by atoms with van der Waals surface area (Å²) in [5, 5.41) is 27.3. The van der Waals surface area contributed by atoms with Crippen LogP contribution in [0.3, 0.4) is 0 Å². The van der Waals surface area contributed by atoms with Crippen LogP contribution >= 0.6 is 11.6 Å². The maximum Gasteiger partial charge on any atom is 0.416 e. The Morgan fingerprint density at radius 2 is 1.12 bits per heavy atom. The molecule has 356 valence electrons. The number of aromatic nitrogens is 2.